The maximum Gasteiger partial charge on any atom is 0.305 e. The molecular formula is C13H25NO3. The number of esters is 1. The Morgan fingerprint density at radius 2 is 1.71 bits per heavy atom. The lowest BCUT2D eigenvalue weighted by Crippen LogP contribution is -2.24. The lowest BCUT2D eigenvalue weighted by Gasteiger charge is -2.04. The van der Waals surface area contributed by atoms with E-state index >= 15 is 0 Å². The molecule has 0 aromatic heterocycles. The van der Waals surface area contributed by atoms with Crippen LogP contribution in [-0.2, 0) is 14.3 Å². The van der Waals surface area contributed by atoms with E-state index < -0.39 is 0 Å². The van der Waals surface area contributed by atoms with Gasteiger partial charge in [-0.2, -0.15) is 0 Å². The number of ether oxygens (including phenoxy) is 1. The largest absolute Gasteiger partial charge is 0.469 e. The van der Waals surface area contributed by atoms with Crippen molar-refractivity contribution in [2.75, 3.05) is 13.7 Å². The molecule has 0 heterocycles. The van der Waals surface area contributed by atoms with Crippen LogP contribution in [0, 0.1) is 0 Å². The number of hydrogen-bond acceptors (Lipinski definition) is 3. The minimum Gasteiger partial charge on any atom is -0.469 e. The van der Waals surface area contributed by atoms with Crippen LogP contribution in [0.4, 0.5) is 0 Å². The zero-order valence-electron chi connectivity index (χ0n) is 11.1. The van der Waals surface area contributed by atoms with E-state index in [0.717, 1.165) is 25.8 Å². The van der Waals surface area contributed by atoms with Crippen LogP contribution in [0.1, 0.15) is 58.3 Å². The Balaban J connectivity index is 3.26. The Labute approximate surface area is 104 Å². The number of nitrogens with one attached hydrogen (secondary N) is 1. The van der Waals surface area contributed by atoms with E-state index in [9.17, 15) is 9.59 Å². The molecule has 0 aliphatic heterocycles. The number of unbranched alkanes of at least 4 members (excludes halogenated alkanes) is 4. The zero-order valence-corrected chi connectivity index (χ0v) is 11.1. The van der Waals surface area contributed by atoms with Crippen LogP contribution in [-0.4, -0.2) is 25.5 Å². The van der Waals surface area contributed by atoms with Gasteiger partial charge in [0.25, 0.3) is 0 Å². The average molecular weight is 243 g/mol. The molecule has 0 atom stereocenters. The molecule has 0 bridgehead atoms. The van der Waals surface area contributed by atoms with Crippen molar-refractivity contribution in [3.63, 3.8) is 0 Å². The van der Waals surface area contributed by atoms with Crippen molar-refractivity contribution in [3.05, 3.63) is 0 Å². The lowest BCUT2D eigenvalue weighted by molar-refractivity contribution is -0.140. The second-order valence-corrected chi connectivity index (χ2v) is 4.19. The molecule has 0 rings (SSSR count). The highest BCUT2D eigenvalue weighted by atomic mass is 16.5. The second-order valence-electron chi connectivity index (χ2n) is 4.19. The van der Waals surface area contributed by atoms with Crippen molar-refractivity contribution in [1.29, 1.82) is 0 Å². The smallest absolute Gasteiger partial charge is 0.305 e. The maximum atomic E-state index is 11.4. The van der Waals surface area contributed by atoms with E-state index in [0.29, 0.717) is 12.8 Å². The predicted molar refractivity (Wildman–Crippen MR) is 67.6 cm³/mol. The summed E-state index contributed by atoms with van der Waals surface area (Å²) in [5.41, 5.74) is 0. The van der Waals surface area contributed by atoms with Gasteiger partial charge in [-0.05, 0) is 19.3 Å². The summed E-state index contributed by atoms with van der Waals surface area (Å²) in [4.78, 5) is 22.2. The fraction of sp³-hybridized carbons (Fsp3) is 0.846. The van der Waals surface area contributed by atoms with Crippen molar-refractivity contribution in [1.82, 2.24) is 5.32 Å². The molecule has 0 saturated heterocycles. The Kier molecular flexibility index (Phi) is 10.7. The molecule has 0 spiro atoms. The maximum absolute atomic E-state index is 11.4. The standard InChI is InChI=1S/C13H25NO3/c1-3-4-5-8-11-14-12(15)9-6-7-10-13(16)17-2/h3-11H2,1-2H3,(H,14,15). The zero-order chi connectivity index (χ0) is 12.9. The number of carbonyl (C=O) groups is 2. The number of carbonyl (C=O) groups excluding carboxylic acids is 2. The number of rotatable bonds is 10. The minimum absolute atomic E-state index is 0.0892. The first-order valence-corrected chi connectivity index (χ1v) is 6.54. The van der Waals surface area contributed by atoms with Gasteiger partial charge in [0.15, 0.2) is 0 Å². The summed E-state index contributed by atoms with van der Waals surface area (Å²) in [6, 6.07) is 0. The average Bonchev–Trinajstić information content (AvgIpc) is 2.34. The number of hydrogen-bond donors (Lipinski definition) is 1. The summed E-state index contributed by atoms with van der Waals surface area (Å²) in [5, 5.41) is 2.89. The molecule has 4 heteroatoms. The van der Waals surface area contributed by atoms with E-state index in [2.05, 4.69) is 17.0 Å². The predicted octanol–water partition coefficient (Wildman–Crippen LogP) is 2.42. The molecule has 0 aliphatic carbocycles. The van der Waals surface area contributed by atoms with Gasteiger partial charge in [-0.15, -0.1) is 0 Å². The third-order valence-electron chi connectivity index (χ3n) is 2.61. The van der Waals surface area contributed by atoms with Crippen LogP contribution in [0.25, 0.3) is 0 Å². The van der Waals surface area contributed by atoms with Crippen LogP contribution in [0.5, 0.6) is 0 Å². The molecule has 1 amide bonds. The monoisotopic (exact) mass is 243 g/mol. The SMILES string of the molecule is CCCCCCNC(=O)CCCCC(=O)OC. The van der Waals surface area contributed by atoms with Crippen LogP contribution >= 0.6 is 0 Å². The van der Waals surface area contributed by atoms with Gasteiger partial charge < -0.3 is 10.1 Å². The highest BCUT2D eigenvalue weighted by molar-refractivity contribution is 5.75. The van der Waals surface area contributed by atoms with Crippen LogP contribution < -0.4 is 5.32 Å². The Morgan fingerprint density at radius 3 is 2.35 bits per heavy atom. The number of amides is 1. The Hall–Kier alpha value is -1.06. The van der Waals surface area contributed by atoms with Gasteiger partial charge in [0.1, 0.15) is 0 Å². The van der Waals surface area contributed by atoms with Gasteiger partial charge in [0.05, 0.1) is 7.11 Å². The van der Waals surface area contributed by atoms with Crippen molar-refractivity contribution in [2.45, 2.75) is 58.3 Å². The molecule has 0 aromatic rings. The van der Waals surface area contributed by atoms with Gasteiger partial charge in [-0.25, -0.2) is 0 Å². The Morgan fingerprint density at radius 1 is 1.00 bits per heavy atom. The number of methoxy groups -OCH3 is 1. The van der Waals surface area contributed by atoms with Gasteiger partial charge in [0, 0.05) is 19.4 Å². The van der Waals surface area contributed by atoms with Gasteiger partial charge in [0.2, 0.25) is 5.91 Å². The van der Waals surface area contributed by atoms with Gasteiger partial charge in [-0.3, -0.25) is 9.59 Å². The van der Waals surface area contributed by atoms with Crippen LogP contribution in [0.15, 0.2) is 0 Å². The van der Waals surface area contributed by atoms with Crippen molar-refractivity contribution in [3.8, 4) is 0 Å². The topological polar surface area (TPSA) is 55.4 Å². The third-order valence-corrected chi connectivity index (χ3v) is 2.61. The van der Waals surface area contributed by atoms with Gasteiger partial charge in [-0.1, -0.05) is 26.2 Å². The second kappa shape index (κ2) is 11.4. The normalized spacial score (nSPS) is 10.0. The molecule has 0 radical (unpaired) electrons. The lowest BCUT2D eigenvalue weighted by atomic mass is 10.2. The summed E-state index contributed by atoms with van der Waals surface area (Å²) in [7, 11) is 1.38. The van der Waals surface area contributed by atoms with Crippen molar-refractivity contribution >= 4 is 11.9 Å². The molecule has 0 fully saturated rings. The first kappa shape index (κ1) is 15.9. The summed E-state index contributed by atoms with van der Waals surface area (Å²) in [6.07, 6.45) is 7.05. The summed E-state index contributed by atoms with van der Waals surface area (Å²) < 4.78 is 4.52. The van der Waals surface area contributed by atoms with E-state index in [4.69, 9.17) is 0 Å². The van der Waals surface area contributed by atoms with Crippen molar-refractivity contribution in [2.24, 2.45) is 0 Å². The fourth-order valence-corrected chi connectivity index (χ4v) is 1.52. The van der Waals surface area contributed by atoms with Crippen molar-refractivity contribution < 1.29 is 14.3 Å². The van der Waals surface area contributed by atoms with E-state index in [1.165, 1.54) is 26.4 Å². The summed E-state index contributed by atoms with van der Waals surface area (Å²) in [6.45, 7) is 2.94. The third kappa shape index (κ3) is 11.2. The van der Waals surface area contributed by atoms with E-state index in [1.807, 2.05) is 0 Å². The Bertz CT molecular complexity index is 217. The fourth-order valence-electron chi connectivity index (χ4n) is 1.52. The quantitative estimate of drug-likeness (QED) is 0.473. The molecule has 4 nitrogen and oxygen atoms in total. The molecule has 1 N–H and O–H groups in total. The molecule has 100 valence electrons. The van der Waals surface area contributed by atoms with Gasteiger partial charge >= 0.3 is 5.97 Å². The first-order valence-electron chi connectivity index (χ1n) is 6.54. The van der Waals surface area contributed by atoms with Crippen LogP contribution in [0.2, 0.25) is 0 Å². The molecule has 0 aromatic carbocycles. The van der Waals surface area contributed by atoms with E-state index in [1.54, 1.807) is 0 Å². The summed E-state index contributed by atoms with van der Waals surface area (Å²) >= 11 is 0. The molecule has 0 aliphatic rings. The molecular weight excluding hydrogens is 218 g/mol. The molecule has 17 heavy (non-hydrogen) atoms. The molecule has 0 unspecified atom stereocenters. The van der Waals surface area contributed by atoms with Crippen LogP contribution in [0.3, 0.4) is 0 Å². The summed E-state index contributed by atoms with van der Waals surface area (Å²) in [5.74, 6) is -0.115. The highest BCUT2D eigenvalue weighted by Crippen LogP contribution is 2.01. The highest BCUT2D eigenvalue weighted by Gasteiger charge is 2.03. The molecule has 0 saturated carbocycles. The minimum atomic E-state index is -0.204. The first-order chi connectivity index (χ1) is 8.20. The van der Waals surface area contributed by atoms with E-state index in [-0.39, 0.29) is 11.9 Å².